The average Bonchev–Trinajstić information content (AvgIpc) is 1.53. The van der Waals surface area contributed by atoms with Gasteiger partial charge in [-0.3, -0.25) is 0 Å². The largest absolute Gasteiger partial charge is 0.491 e. The number of hydrogen-bond acceptors (Lipinski definition) is 5. The van der Waals surface area contributed by atoms with Crippen LogP contribution in [0.1, 0.15) is 280 Å². The fraction of sp³-hybridized carbons (Fsp3) is 0.474. The monoisotopic (exact) mass is 1680 g/mol. The van der Waals surface area contributed by atoms with Crippen LogP contribution in [0.2, 0.25) is 0 Å². The van der Waals surface area contributed by atoms with Gasteiger partial charge in [0.25, 0.3) is 0 Å². The molecule has 10 heteroatoms. The Balaban J connectivity index is 0.0000000996. The maximum absolute atomic E-state index is 7.18. The van der Waals surface area contributed by atoms with Crippen LogP contribution in [0.5, 0.6) is 28.7 Å². The summed E-state index contributed by atoms with van der Waals surface area (Å²) in [5.74, 6) is 5.83. The van der Waals surface area contributed by atoms with E-state index in [9.17, 15) is 0 Å². The average molecular weight is 1680 g/mol. The second-order valence-electron chi connectivity index (χ2n) is 41.6. The standard InChI is InChI=1S/C27H28NO.C24H30NO.C23H28NO.C22H28NO.C20H24NO/c1-19-12-13-22-25(24(19)23-11-5-8-16-28(23)2)29-27(26(22)14-6-7-15-26)17-20-9-3-4-10-21(20)18-27;1-18-11-12-19-22(21(18)20-10-4-9-17-25(20)2)26-24(15-5-3-6-16-24)23(19)13-7-8-14-23;1-17-10-11-18-21(20(17)19-9-3-8-16-24(19)2)25-23(14-6-7-15-23)22(18)12-4-5-13-22;1-16-11-12-17-20(19(16)18-10-6-9-15-23(18)4)24-21(2,3)22(17)13-7-5-8-14-22;1-15-9-10-16-19(18(15)17-8-4-7-13-21(17)2)22-14-20(16)11-5-3-6-12-20/h3-5,8-13,16H,6-7,14-15,17-18H2,1-2H3;4,9-12,17H,3,5-8,13-16H2,1-2H3;3,8-11,16H,4-7,12-15H2,1-2H3;6,9-12,15H,5,7-8,13-14H2,1-4H3;4,7-10,13H,3,5-6,11-12,14H2,1-2H3/q5*+1. The summed E-state index contributed by atoms with van der Waals surface area (Å²) in [5.41, 5.74) is 30.6. The van der Waals surface area contributed by atoms with Gasteiger partial charge < -0.3 is 23.7 Å². The molecule has 24 rings (SSSR count). The van der Waals surface area contributed by atoms with Crippen LogP contribution in [-0.4, -0.2) is 29.0 Å². The van der Waals surface area contributed by atoms with Crippen molar-refractivity contribution in [3.63, 3.8) is 0 Å². The molecule has 126 heavy (non-hydrogen) atoms. The van der Waals surface area contributed by atoms with Gasteiger partial charge in [-0.05, 0) is 233 Å². The molecule has 0 saturated heterocycles. The van der Waals surface area contributed by atoms with Crippen LogP contribution >= 0.6 is 0 Å². The molecule has 0 atom stereocenters. The quantitative estimate of drug-likeness (QED) is 0.161. The van der Waals surface area contributed by atoms with Crippen molar-refractivity contribution in [2.75, 3.05) is 6.61 Å². The Labute approximate surface area is 752 Å². The zero-order valence-electron chi connectivity index (χ0n) is 77.9. The number of hydrogen-bond donors (Lipinski definition) is 0. The molecule has 10 heterocycles. The molecule has 7 fully saturated rings. The molecule has 5 aliphatic heterocycles. The molecule has 6 aromatic carbocycles. The first-order valence-corrected chi connectivity index (χ1v) is 49.1. The van der Waals surface area contributed by atoms with Crippen molar-refractivity contribution in [2.45, 2.75) is 310 Å². The number of benzene rings is 6. The Morgan fingerprint density at radius 3 is 0.833 bits per heavy atom. The molecule has 5 aromatic heterocycles. The number of rotatable bonds is 5. The van der Waals surface area contributed by atoms with Gasteiger partial charge in [0.05, 0.1) is 34.4 Å². The molecule has 7 saturated carbocycles. The summed E-state index contributed by atoms with van der Waals surface area (Å²) in [6.07, 6.45) is 53.2. The third-order valence-electron chi connectivity index (χ3n) is 34.6. The van der Waals surface area contributed by atoms with Gasteiger partial charge in [0, 0.05) is 128 Å². The molecule has 8 spiro atoms. The van der Waals surface area contributed by atoms with Crippen LogP contribution in [0.4, 0.5) is 0 Å². The van der Waals surface area contributed by atoms with Gasteiger partial charge in [-0.15, -0.1) is 0 Å². The summed E-state index contributed by atoms with van der Waals surface area (Å²) in [5, 5.41) is 0. The SMILES string of the molecule is Cc1ccc2c(c1-c1cccc[n+]1C)OC(C)(C)C21CCCCC1.Cc1ccc2c(c1-c1cccc[n+]1C)OC1(CCCC1)C21CCCC1.Cc1ccc2c(c1-c1cccc[n+]1C)OC1(CCCCC1)C21CCCC1.Cc1ccc2c(c1-c1cccc[n+]1C)OC1(Cc3ccccc3C1)C21CCCC1.Cc1ccc2c(c1-c1cccc[n+]1C)OCC21CCCCC1. The highest BCUT2D eigenvalue weighted by Gasteiger charge is 2.66. The van der Waals surface area contributed by atoms with E-state index in [1.54, 1.807) is 0 Å². The zero-order chi connectivity index (χ0) is 86.6. The minimum Gasteiger partial charge on any atom is -0.491 e. The van der Waals surface area contributed by atoms with Crippen LogP contribution in [0.15, 0.2) is 207 Å². The van der Waals surface area contributed by atoms with E-state index in [1.807, 2.05) is 0 Å². The van der Waals surface area contributed by atoms with E-state index in [2.05, 4.69) is 313 Å². The van der Waals surface area contributed by atoms with Crippen molar-refractivity contribution in [1.29, 1.82) is 0 Å². The molecule has 0 bridgehead atoms. The lowest BCUT2D eigenvalue weighted by atomic mass is 9.62. The van der Waals surface area contributed by atoms with Crippen molar-refractivity contribution in [1.82, 2.24) is 0 Å². The Morgan fingerprint density at radius 1 is 0.238 bits per heavy atom. The molecule has 8 aliphatic carbocycles. The Hall–Kier alpha value is -9.93. The minimum atomic E-state index is -0.133. The van der Waals surface area contributed by atoms with Crippen LogP contribution in [0, 0.1) is 34.6 Å². The van der Waals surface area contributed by atoms with E-state index in [0.717, 1.165) is 36.7 Å². The molecule has 0 amide bonds. The molecule has 11 aromatic rings. The van der Waals surface area contributed by atoms with E-state index < -0.39 is 0 Å². The number of ether oxygens (including phenoxy) is 5. The lowest BCUT2D eigenvalue weighted by molar-refractivity contribution is -0.660. The Bertz CT molecular complexity index is 5940. The molecule has 0 N–H and O–H groups in total. The first-order valence-electron chi connectivity index (χ1n) is 49.1. The van der Waals surface area contributed by atoms with Crippen molar-refractivity contribution in [2.24, 2.45) is 35.2 Å². The molecule has 13 aliphatic rings. The van der Waals surface area contributed by atoms with Crippen LogP contribution in [0.3, 0.4) is 0 Å². The van der Waals surface area contributed by atoms with Crippen LogP contribution in [-0.2, 0) is 75.2 Å². The molecular weight excluding hydrogens is 1540 g/mol. The highest BCUT2D eigenvalue weighted by Crippen LogP contribution is 2.68. The van der Waals surface area contributed by atoms with Gasteiger partial charge in [-0.2, -0.15) is 0 Å². The van der Waals surface area contributed by atoms with Gasteiger partial charge in [-0.1, -0.05) is 168 Å². The van der Waals surface area contributed by atoms with Crippen molar-refractivity contribution >= 4 is 0 Å². The fourth-order valence-corrected chi connectivity index (χ4v) is 28.0. The molecular formula is C116H138N5O5+5. The number of aryl methyl sites for hydroxylation is 10. The summed E-state index contributed by atoms with van der Waals surface area (Å²) in [7, 11) is 10.6. The maximum atomic E-state index is 7.18. The van der Waals surface area contributed by atoms with E-state index in [4.69, 9.17) is 23.7 Å². The van der Waals surface area contributed by atoms with Crippen LogP contribution in [0.25, 0.3) is 56.3 Å². The highest BCUT2D eigenvalue weighted by atomic mass is 16.5. The molecule has 0 radical (unpaired) electrons. The van der Waals surface area contributed by atoms with E-state index >= 15 is 0 Å². The van der Waals surface area contributed by atoms with Gasteiger partial charge in [0.1, 0.15) is 86.4 Å². The zero-order valence-corrected chi connectivity index (χ0v) is 77.9. The Kier molecular flexibility index (Phi) is 22.1. The number of aromatic nitrogens is 5. The maximum Gasteiger partial charge on any atom is 0.216 e. The van der Waals surface area contributed by atoms with Gasteiger partial charge in [-0.25, -0.2) is 22.8 Å². The second-order valence-corrected chi connectivity index (χ2v) is 41.6. The predicted molar refractivity (Wildman–Crippen MR) is 505 cm³/mol. The molecule has 652 valence electrons. The lowest BCUT2D eigenvalue weighted by Gasteiger charge is -2.45. The third kappa shape index (κ3) is 13.5. The van der Waals surface area contributed by atoms with Gasteiger partial charge in [0.15, 0.2) is 31.0 Å². The van der Waals surface area contributed by atoms with Crippen molar-refractivity contribution < 1.29 is 46.5 Å². The van der Waals surface area contributed by atoms with Gasteiger partial charge >= 0.3 is 0 Å². The Morgan fingerprint density at radius 2 is 0.492 bits per heavy atom. The minimum absolute atomic E-state index is 0.0555. The third-order valence-corrected chi connectivity index (χ3v) is 34.6. The van der Waals surface area contributed by atoms with E-state index in [1.165, 1.54) is 334 Å². The smallest absolute Gasteiger partial charge is 0.216 e. The summed E-state index contributed by atoms with van der Waals surface area (Å²) in [6.45, 7) is 16.5. The topological polar surface area (TPSA) is 65.5 Å². The lowest BCUT2D eigenvalue weighted by Crippen LogP contribution is -2.51. The number of fused-ring (bicyclic) bond motifs is 14. The molecule has 0 unspecified atom stereocenters. The van der Waals surface area contributed by atoms with Gasteiger partial charge in [0.2, 0.25) is 28.5 Å². The molecule has 10 nitrogen and oxygen atoms in total. The summed E-state index contributed by atoms with van der Waals surface area (Å²) < 4.78 is 45.3. The number of pyridine rings is 5. The van der Waals surface area contributed by atoms with Crippen molar-refractivity contribution in [3.8, 4) is 85.0 Å². The van der Waals surface area contributed by atoms with Crippen LogP contribution < -0.4 is 46.5 Å². The summed E-state index contributed by atoms with van der Waals surface area (Å²) in [4.78, 5) is 0. The predicted octanol–water partition coefficient (Wildman–Crippen LogP) is 24.6. The summed E-state index contributed by atoms with van der Waals surface area (Å²) >= 11 is 0. The first-order chi connectivity index (χ1) is 61.1. The van der Waals surface area contributed by atoms with E-state index in [0.29, 0.717) is 0 Å². The second kappa shape index (κ2) is 33.0. The highest BCUT2D eigenvalue weighted by molar-refractivity contribution is 5.79. The first kappa shape index (κ1) is 84.2. The number of nitrogens with zero attached hydrogens (tertiary/aromatic N) is 5. The van der Waals surface area contributed by atoms with E-state index in [-0.39, 0.29) is 49.5 Å². The normalized spacial score (nSPS) is 21.0. The fourth-order valence-electron chi connectivity index (χ4n) is 28.0. The summed E-state index contributed by atoms with van der Waals surface area (Å²) in [6, 6.07) is 64.6. The van der Waals surface area contributed by atoms with Crippen molar-refractivity contribution in [3.05, 3.63) is 274 Å².